The molecule has 1 aromatic carbocycles. The zero-order valence-electron chi connectivity index (χ0n) is 18.6. The number of hydrogen-bond donors (Lipinski definition) is 0. The third-order valence-corrected chi connectivity index (χ3v) is 7.22. The highest BCUT2D eigenvalue weighted by Crippen LogP contribution is 2.27. The Balaban J connectivity index is 1.89. The lowest BCUT2D eigenvalue weighted by atomic mass is 10.2. The van der Waals surface area contributed by atoms with Crippen molar-refractivity contribution < 1.29 is 22.7 Å². The Morgan fingerprint density at radius 2 is 1.71 bits per heavy atom. The largest absolute Gasteiger partial charge is 0.372 e. The van der Waals surface area contributed by atoms with Gasteiger partial charge < -0.3 is 19.1 Å². The zero-order valence-corrected chi connectivity index (χ0v) is 19.4. The maximum Gasteiger partial charge on any atom is 0.242 e. The first-order valence-corrected chi connectivity index (χ1v) is 12.3. The van der Waals surface area contributed by atoms with Gasteiger partial charge in [-0.3, -0.25) is 9.59 Å². The highest BCUT2D eigenvalue weighted by atomic mass is 32.2. The molecule has 0 radical (unpaired) electrons. The molecular formula is C22H31N3O5S. The Labute approximate surface area is 183 Å². The maximum absolute atomic E-state index is 13.2. The summed E-state index contributed by atoms with van der Waals surface area (Å²) in [6, 6.07) is 7.06. The molecule has 0 aliphatic carbocycles. The van der Waals surface area contributed by atoms with Gasteiger partial charge in [0.2, 0.25) is 11.8 Å². The van der Waals surface area contributed by atoms with Crippen LogP contribution in [0.15, 0.2) is 35.4 Å². The molecule has 170 valence electrons. The molecule has 9 heteroatoms. The number of benzene rings is 1. The number of aromatic nitrogens is 1. The normalized spacial score (nSPS) is 19.5. The molecule has 1 aliphatic heterocycles. The molecule has 31 heavy (non-hydrogen) atoms. The van der Waals surface area contributed by atoms with E-state index in [1.807, 2.05) is 27.7 Å². The van der Waals surface area contributed by atoms with Crippen LogP contribution in [0.2, 0.25) is 0 Å². The van der Waals surface area contributed by atoms with Gasteiger partial charge >= 0.3 is 0 Å². The summed E-state index contributed by atoms with van der Waals surface area (Å²) < 4.78 is 33.7. The van der Waals surface area contributed by atoms with Gasteiger partial charge in [0.05, 0.1) is 17.1 Å². The van der Waals surface area contributed by atoms with Crippen molar-refractivity contribution in [1.82, 2.24) is 14.4 Å². The van der Waals surface area contributed by atoms with Gasteiger partial charge in [0, 0.05) is 43.3 Å². The number of carbonyl (C=O) groups excluding carboxylic acids is 2. The molecular weight excluding hydrogens is 418 g/mol. The van der Waals surface area contributed by atoms with E-state index in [0.29, 0.717) is 37.1 Å². The van der Waals surface area contributed by atoms with Gasteiger partial charge in [-0.2, -0.15) is 0 Å². The molecule has 2 atom stereocenters. The SMILES string of the molecule is CCN(CC)C(=O)Cn1cc(S(=O)(=O)CC(=O)N2C[C@@H](C)O[C@H](C)C2)c2ccccc21. The lowest BCUT2D eigenvalue weighted by molar-refractivity contribution is -0.140. The van der Waals surface area contributed by atoms with E-state index in [4.69, 9.17) is 4.74 Å². The predicted molar refractivity (Wildman–Crippen MR) is 119 cm³/mol. The second-order valence-corrected chi connectivity index (χ2v) is 9.98. The van der Waals surface area contributed by atoms with E-state index in [1.165, 1.54) is 6.20 Å². The molecule has 2 amide bonds. The van der Waals surface area contributed by atoms with E-state index in [9.17, 15) is 18.0 Å². The van der Waals surface area contributed by atoms with Gasteiger partial charge in [-0.15, -0.1) is 0 Å². The number of morpholine rings is 1. The fraction of sp³-hybridized carbons (Fsp3) is 0.545. The number of nitrogens with zero attached hydrogens (tertiary/aromatic N) is 3. The first-order valence-electron chi connectivity index (χ1n) is 10.7. The van der Waals surface area contributed by atoms with Crippen molar-refractivity contribution in [2.24, 2.45) is 0 Å². The summed E-state index contributed by atoms with van der Waals surface area (Å²) in [7, 11) is -3.89. The van der Waals surface area contributed by atoms with Crippen molar-refractivity contribution in [2.75, 3.05) is 31.9 Å². The fourth-order valence-corrected chi connectivity index (χ4v) is 5.59. The van der Waals surface area contributed by atoms with Crippen molar-refractivity contribution in [3.8, 4) is 0 Å². The van der Waals surface area contributed by atoms with E-state index >= 15 is 0 Å². The Kier molecular flexibility index (Phi) is 7.06. The zero-order chi connectivity index (χ0) is 22.8. The number of hydrogen-bond acceptors (Lipinski definition) is 5. The van der Waals surface area contributed by atoms with Crippen LogP contribution in [0.5, 0.6) is 0 Å². The topological polar surface area (TPSA) is 88.9 Å². The monoisotopic (exact) mass is 449 g/mol. The van der Waals surface area contributed by atoms with Crippen molar-refractivity contribution >= 4 is 32.6 Å². The van der Waals surface area contributed by atoms with Gasteiger partial charge in [0.15, 0.2) is 9.84 Å². The van der Waals surface area contributed by atoms with Crippen molar-refractivity contribution in [1.29, 1.82) is 0 Å². The van der Waals surface area contributed by atoms with Crippen LogP contribution in [0.3, 0.4) is 0 Å². The van der Waals surface area contributed by atoms with Crippen LogP contribution in [0.1, 0.15) is 27.7 Å². The summed E-state index contributed by atoms with van der Waals surface area (Å²) in [5.74, 6) is -1.12. The summed E-state index contributed by atoms with van der Waals surface area (Å²) in [4.78, 5) is 28.7. The second-order valence-electron chi connectivity index (χ2n) is 8.02. The van der Waals surface area contributed by atoms with Crippen LogP contribution < -0.4 is 0 Å². The molecule has 0 saturated carbocycles. The summed E-state index contributed by atoms with van der Waals surface area (Å²) in [5, 5.41) is 0.520. The van der Waals surface area contributed by atoms with Gasteiger partial charge in [0.25, 0.3) is 0 Å². The van der Waals surface area contributed by atoms with Gasteiger partial charge in [-0.05, 0) is 33.8 Å². The Hall–Kier alpha value is -2.39. The molecule has 1 saturated heterocycles. The van der Waals surface area contributed by atoms with E-state index in [0.717, 1.165) is 0 Å². The van der Waals surface area contributed by atoms with Crippen LogP contribution in [0.25, 0.3) is 10.9 Å². The van der Waals surface area contributed by atoms with E-state index < -0.39 is 21.5 Å². The molecule has 1 aliphatic rings. The standard InChI is InChI=1S/C22H31N3O5S/c1-5-23(6-2)21(26)14-24-13-20(18-9-7-8-10-19(18)24)31(28,29)15-22(27)25-11-16(3)30-17(4)12-25/h7-10,13,16-17H,5-6,11-12,14-15H2,1-4H3/t16-,17-/m1/s1. The number of carbonyl (C=O) groups is 2. The van der Waals surface area contributed by atoms with Gasteiger partial charge in [0.1, 0.15) is 12.3 Å². The fourth-order valence-electron chi connectivity index (χ4n) is 4.13. The van der Waals surface area contributed by atoms with Crippen molar-refractivity contribution in [2.45, 2.75) is 51.3 Å². The molecule has 8 nitrogen and oxygen atoms in total. The van der Waals surface area contributed by atoms with E-state index in [2.05, 4.69) is 0 Å². The van der Waals surface area contributed by atoms with Crippen LogP contribution in [0.4, 0.5) is 0 Å². The molecule has 1 aromatic heterocycles. The molecule has 0 unspecified atom stereocenters. The highest BCUT2D eigenvalue weighted by molar-refractivity contribution is 7.92. The second kappa shape index (κ2) is 9.40. The summed E-state index contributed by atoms with van der Waals surface area (Å²) >= 11 is 0. The van der Waals surface area contributed by atoms with E-state index in [-0.39, 0.29) is 29.6 Å². The highest BCUT2D eigenvalue weighted by Gasteiger charge is 2.31. The lowest BCUT2D eigenvalue weighted by Gasteiger charge is -2.35. The minimum Gasteiger partial charge on any atom is -0.372 e. The minimum atomic E-state index is -3.89. The molecule has 3 rings (SSSR count). The van der Waals surface area contributed by atoms with Crippen molar-refractivity contribution in [3.63, 3.8) is 0 Å². The van der Waals surface area contributed by atoms with E-state index in [1.54, 1.807) is 38.6 Å². The quantitative estimate of drug-likeness (QED) is 0.644. The molecule has 0 spiro atoms. The lowest BCUT2D eigenvalue weighted by Crippen LogP contribution is -2.49. The first-order chi connectivity index (χ1) is 14.7. The summed E-state index contributed by atoms with van der Waals surface area (Å²) in [6.07, 6.45) is 1.21. The molecule has 0 N–H and O–H groups in total. The Bertz CT molecular complexity index is 1050. The summed E-state index contributed by atoms with van der Waals surface area (Å²) in [5.41, 5.74) is 0.655. The number of para-hydroxylation sites is 1. The Morgan fingerprint density at radius 1 is 1.10 bits per heavy atom. The number of rotatable bonds is 7. The molecule has 2 aromatic rings. The maximum atomic E-state index is 13.2. The van der Waals surface area contributed by atoms with Gasteiger partial charge in [-0.25, -0.2) is 8.42 Å². The third kappa shape index (κ3) is 5.10. The number of sulfone groups is 1. The number of ether oxygens (including phenoxy) is 1. The minimum absolute atomic E-state index is 0.0458. The Morgan fingerprint density at radius 3 is 2.32 bits per heavy atom. The van der Waals surface area contributed by atoms with Gasteiger partial charge in [-0.1, -0.05) is 18.2 Å². The molecule has 2 heterocycles. The first kappa shape index (κ1) is 23.3. The smallest absolute Gasteiger partial charge is 0.242 e. The molecule has 1 fully saturated rings. The van der Waals surface area contributed by atoms with Crippen LogP contribution in [0, 0.1) is 0 Å². The number of likely N-dealkylation sites (N-methyl/N-ethyl adjacent to an activating group) is 1. The van der Waals surface area contributed by atoms with Crippen molar-refractivity contribution in [3.05, 3.63) is 30.5 Å². The number of fused-ring (bicyclic) bond motifs is 1. The molecule has 0 bridgehead atoms. The van der Waals surface area contributed by atoms with Crippen LogP contribution in [-0.4, -0.2) is 78.7 Å². The van der Waals surface area contributed by atoms with Crippen LogP contribution in [-0.2, 0) is 30.7 Å². The number of amides is 2. The average molecular weight is 450 g/mol. The van der Waals surface area contributed by atoms with Crippen LogP contribution >= 0.6 is 0 Å². The average Bonchev–Trinajstić information content (AvgIpc) is 3.07. The summed E-state index contributed by atoms with van der Waals surface area (Å²) in [6.45, 7) is 9.51. The third-order valence-electron chi connectivity index (χ3n) is 5.59. The predicted octanol–water partition coefficient (Wildman–Crippen LogP) is 1.92.